The van der Waals surface area contributed by atoms with E-state index in [4.69, 9.17) is 24.2 Å². The molecule has 0 spiro atoms. The molecule has 2 fully saturated rings. The first-order chi connectivity index (χ1) is 12.8. The number of hydrogen-bond acceptors (Lipinski definition) is 12. The van der Waals surface area contributed by atoms with Gasteiger partial charge >= 0.3 is 18.9 Å². The van der Waals surface area contributed by atoms with Gasteiger partial charge in [-0.25, -0.2) is 0 Å². The minimum Gasteiger partial charge on any atom is -1.00 e. The second kappa shape index (κ2) is 11.2. The van der Waals surface area contributed by atoms with E-state index in [1.807, 2.05) is 6.07 Å². The standard InChI is InChI=1S/C15H25NO11.Li.H/c16-2-1-3-24-5-8-9(19)11(21)12(22)14(25-8)27-15(6-18)13(23)10(20)7(4-17)26-15;;/h7-14,17-23H,1,3-6H2;;/q;+1;-1/t7-,8-,9-,10-,11+,12-,13+,14-,15+;;/m1../s1. The fourth-order valence-electron chi connectivity index (χ4n) is 2.94. The van der Waals surface area contributed by atoms with Crippen LogP contribution in [0.25, 0.3) is 0 Å². The van der Waals surface area contributed by atoms with Crippen molar-refractivity contribution in [1.82, 2.24) is 0 Å². The SMILES string of the molecule is N#CCCOC[C@H]1O[C@H](O[C@]2(CO)O[C@H](CO)[C@@H](O)[C@@H]2O)[C@H](O)[C@@H](O)[C@@H]1O.[H-].[Li+]. The number of hydrogen-bond donors (Lipinski definition) is 7. The summed E-state index contributed by atoms with van der Waals surface area (Å²) in [7, 11) is 0. The van der Waals surface area contributed by atoms with E-state index in [9.17, 15) is 35.7 Å². The molecule has 0 saturated carbocycles. The van der Waals surface area contributed by atoms with E-state index in [-0.39, 0.29) is 39.9 Å². The Morgan fingerprint density at radius 1 is 1.00 bits per heavy atom. The summed E-state index contributed by atoms with van der Waals surface area (Å²) in [5, 5.41) is 77.4. The quantitative estimate of drug-likeness (QED) is 0.149. The van der Waals surface area contributed by atoms with E-state index in [1.54, 1.807) is 0 Å². The first-order valence-electron chi connectivity index (χ1n) is 8.39. The molecule has 0 aromatic rings. The Hall–Kier alpha value is -0.353. The molecule has 0 aromatic carbocycles. The minimum absolute atomic E-state index is 0. The number of ether oxygens (including phenoxy) is 4. The molecule has 2 aliphatic rings. The van der Waals surface area contributed by atoms with E-state index in [0.717, 1.165) is 0 Å². The van der Waals surface area contributed by atoms with Crippen LogP contribution in [0.2, 0.25) is 0 Å². The summed E-state index contributed by atoms with van der Waals surface area (Å²) in [4.78, 5) is 0. The van der Waals surface area contributed by atoms with Crippen LogP contribution in [0.15, 0.2) is 0 Å². The van der Waals surface area contributed by atoms with E-state index in [2.05, 4.69) is 0 Å². The number of aliphatic hydroxyl groups is 7. The molecule has 2 aliphatic heterocycles. The summed E-state index contributed by atoms with van der Waals surface area (Å²) in [5.74, 6) is -2.23. The van der Waals surface area contributed by atoms with Gasteiger partial charge in [0.1, 0.15) is 49.3 Å². The summed E-state index contributed by atoms with van der Waals surface area (Å²) in [6.45, 7) is -1.81. The maximum absolute atomic E-state index is 10.1. The van der Waals surface area contributed by atoms with E-state index >= 15 is 0 Å². The molecule has 0 amide bonds. The van der Waals surface area contributed by atoms with Crippen LogP contribution < -0.4 is 18.9 Å². The molecule has 0 bridgehead atoms. The van der Waals surface area contributed by atoms with Crippen LogP contribution >= 0.6 is 0 Å². The van der Waals surface area contributed by atoms with Crippen molar-refractivity contribution in [1.29, 1.82) is 5.26 Å². The van der Waals surface area contributed by atoms with Gasteiger partial charge in [0, 0.05) is 0 Å². The molecule has 0 unspecified atom stereocenters. The first-order valence-corrected chi connectivity index (χ1v) is 8.39. The van der Waals surface area contributed by atoms with Crippen molar-refractivity contribution in [3.8, 4) is 6.07 Å². The van der Waals surface area contributed by atoms with Crippen LogP contribution in [0.3, 0.4) is 0 Å². The Bertz CT molecular complexity index is 529. The number of nitrogens with zero attached hydrogens (tertiary/aromatic N) is 1. The molecule has 158 valence electrons. The maximum atomic E-state index is 10.1. The normalized spacial score (nSPS) is 43.4. The molecule has 28 heavy (non-hydrogen) atoms. The Balaban J connectivity index is 0.00000392. The third-order valence-electron chi connectivity index (χ3n) is 4.53. The van der Waals surface area contributed by atoms with Crippen LogP contribution in [0, 0.1) is 11.3 Å². The van der Waals surface area contributed by atoms with Gasteiger partial charge < -0.3 is 56.1 Å². The van der Waals surface area contributed by atoms with Crippen molar-refractivity contribution in [2.75, 3.05) is 26.4 Å². The molecule has 7 N–H and O–H groups in total. The van der Waals surface area contributed by atoms with Crippen LogP contribution in [0.1, 0.15) is 7.85 Å². The van der Waals surface area contributed by atoms with Gasteiger partial charge in [0.15, 0.2) is 6.29 Å². The zero-order chi connectivity index (χ0) is 20.2. The van der Waals surface area contributed by atoms with Gasteiger partial charge in [-0.05, 0) is 0 Å². The summed E-state index contributed by atoms with van der Waals surface area (Å²) in [6.07, 6.45) is -12.4. The summed E-state index contributed by atoms with van der Waals surface area (Å²) < 4.78 is 21.1. The third-order valence-corrected chi connectivity index (χ3v) is 4.53. The molecular formula is C15H26LiNO11. The Morgan fingerprint density at radius 3 is 2.21 bits per heavy atom. The molecule has 12 nitrogen and oxygen atoms in total. The summed E-state index contributed by atoms with van der Waals surface area (Å²) in [6, 6.07) is 1.86. The third kappa shape index (κ3) is 5.22. The topological polar surface area (TPSA) is 202 Å². The average molecular weight is 403 g/mol. The van der Waals surface area contributed by atoms with Crippen LogP contribution in [-0.4, -0.2) is 117 Å². The molecule has 2 saturated heterocycles. The van der Waals surface area contributed by atoms with Crippen molar-refractivity contribution in [2.24, 2.45) is 0 Å². The van der Waals surface area contributed by atoms with Crippen molar-refractivity contribution in [3.05, 3.63) is 0 Å². The fourth-order valence-corrected chi connectivity index (χ4v) is 2.94. The van der Waals surface area contributed by atoms with E-state index < -0.39 is 68.0 Å². The van der Waals surface area contributed by atoms with Crippen LogP contribution in [0.4, 0.5) is 0 Å². The average Bonchev–Trinajstić information content (AvgIpc) is 2.91. The van der Waals surface area contributed by atoms with Gasteiger partial charge in [0.25, 0.3) is 0 Å². The molecule has 9 atom stereocenters. The minimum atomic E-state index is -2.23. The Morgan fingerprint density at radius 2 is 1.68 bits per heavy atom. The van der Waals surface area contributed by atoms with Gasteiger partial charge in [-0.1, -0.05) is 0 Å². The second-order valence-electron chi connectivity index (χ2n) is 6.36. The van der Waals surface area contributed by atoms with Gasteiger partial charge in [-0.3, -0.25) is 0 Å². The first kappa shape index (κ1) is 25.7. The second-order valence-corrected chi connectivity index (χ2v) is 6.36. The molecule has 2 heterocycles. The molecular weight excluding hydrogens is 377 g/mol. The van der Waals surface area contributed by atoms with E-state index in [1.165, 1.54) is 0 Å². The van der Waals surface area contributed by atoms with Gasteiger partial charge in [-0.15, -0.1) is 0 Å². The zero-order valence-electron chi connectivity index (χ0n) is 16.4. The van der Waals surface area contributed by atoms with Crippen LogP contribution in [0.5, 0.6) is 0 Å². The Labute approximate surface area is 174 Å². The van der Waals surface area contributed by atoms with Gasteiger partial charge in [0.2, 0.25) is 5.79 Å². The smallest absolute Gasteiger partial charge is 1.00 e. The zero-order valence-corrected chi connectivity index (χ0v) is 15.4. The largest absolute Gasteiger partial charge is 1.00 e. The summed E-state index contributed by atoms with van der Waals surface area (Å²) >= 11 is 0. The van der Waals surface area contributed by atoms with Gasteiger partial charge in [-0.2, -0.15) is 5.26 Å². The Kier molecular flexibility index (Phi) is 10.2. The molecule has 0 aliphatic carbocycles. The predicted octanol–water partition coefficient (Wildman–Crippen LogP) is -7.34. The number of rotatable bonds is 8. The predicted molar refractivity (Wildman–Crippen MR) is 83.7 cm³/mol. The number of nitriles is 1. The van der Waals surface area contributed by atoms with Crippen LogP contribution in [-0.2, 0) is 18.9 Å². The van der Waals surface area contributed by atoms with Crippen molar-refractivity contribution in [2.45, 2.75) is 61.2 Å². The van der Waals surface area contributed by atoms with Crippen molar-refractivity contribution in [3.63, 3.8) is 0 Å². The monoisotopic (exact) mass is 403 g/mol. The van der Waals surface area contributed by atoms with Crippen molar-refractivity contribution >= 4 is 0 Å². The summed E-state index contributed by atoms with van der Waals surface area (Å²) in [5.41, 5.74) is 0. The van der Waals surface area contributed by atoms with Crippen molar-refractivity contribution < 1.29 is 75.0 Å². The molecule has 0 radical (unpaired) electrons. The van der Waals surface area contributed by atoms with Gasteiger partial charge in [0.05, 0.1) is 32.3 Å². The molecule has 0 aromatic heterocycles. The molecule has 13 heteroatoms. The fraction of sp³-hybridized carbons (Fsp3) is 0.933. The maximum Gasteiger partial charge on any atom is 1.00 e. The molecule has 2 rings (SSSR count). The number of aliphatic hydroxyl groups excluding tert-OH is 7. The van der Waals surface area contributed by atoms with E-state index in [0.29, 0.717) is 0 Å².